The molecule has 1 aliphatic heterocycles. The number of halogens is 2. The van der Waals surface area contributed by atoms with Crippen LogP contribution in [0.25, 0.3) is 16.7 Å². The fourth-order valence-corrected chi connectivity index (χ4v) is 2.68. The van der Waals surface area contributed by atoms with Crippen LogP contribution in [-0.2, 0) is 6.42 Å². The lowest BCUT2D eigenvalue weighted by molar-refractivity contribution is 0.174. The van der Waals surface area contributed by atoms with Crippen molar-refractivity contribution in [3.05, 3.63) is 48.3 Å². The number of ether oxygens (including phenoxy) is 2. The van der Waals surface area contributed by atoms with Gasteiger partial charge in [0.25, 0.3) is 0 Å². The van der Waals surface area contributed by atoms with Gasteiger partial charge in [0.15, 0.2) is 11.5 Å². The summed E-state index contributed by atoms with van der Waals surface area (Å²) in [4.78, 5) is 4.70. The predicted octanol–water partition coefficient (Wildman–Crippen LogP) is 3.10. The van der Waals surface area contributed by atoms with E-state index >= 15 is 0 Å². The van der Waals surface area contributed by atoms with Crippen molar-refractivity contribution in [2.24, 2.45) is 5.73 Å². The van der Waals surface area contributed by atoms with Gasteiger partial charge in [0, 0.05) is 24.2 Å². The maximum Gasteiger partial charge on any atom is 0.231 e. The third-order valence-corrected chi connectivity index (χ3v) is 3.60. The Kier molecular flexibility index (Phi) is 5.36. The normalized spacial score (nSPS) is 11.9. The van der Waals surface area contributed by atoms with Crippen LogP contribution in [0.1, 0.15) is 5.82 Å². The standard InChI is InChI=1S/C16H15N3O2.2ClH/c17-7-6-16-18-12-8-14-15(21-10-20-14)9-13(12)19(16)11-4-2-1-3-5-11;;/h1-5,8-9H,6-7,10,17H2;2*1H. The highest BCUT2D eigenvalue weighted by molar-refractivity contribution is 5.85. The van der Waals surface area contributed by atoms with Gasteiger partial charge >= 0.3 is 0 Å². The average molecular weight is 354 g/mol. The van der Waals surface area contributed by atoms with Crippen molar-refractivity contribution in [3.63, 3.8) is 0 Å². The molecule has 0 fully saturated rings. The number of nitrogens with zero attached hydrogens (tertiary/aromatic N) is 2. The molecule has 1 aliphatic rings. The lowest BCUT2D eigenvalue weighted by Crippen LogP contribution is -2.08. The molecule has 0 amide bonds. The number of hydrogen-bond acceptors (Lipinski definition) is 4. The van der Waals surface area contributed by atoms with Crippen LogP contribution >= 0.6 is 24.8 Å². The monoisotopic (exact) mass is 353 g/mol. The highest BCUT2D eigenvalue weighted by Gasteiger charge is 2.19. The van der Waals surface area contributed by atoms with E-state index in [4.69, 9.17) is 20.2 Å². The third-order valence-electron chi connectivity index (χ3n) is 3.60. The van der Waals surface area contributed by atoms with E-state index in [1.807, 2.05) is 30.3 Å². The Morgan fingerprint density at radius 1 is 1.04 bits per heavy atom. The third kappa shape index (κ3) is 2.95. The van der Waals surface area contributed by atoms with Crippen LogP contribution in [-0.4, -0.2) is 22.9 Å². The van der Waals surface area contributed by atoms with Crippen LogP contribution in [0.4, 0.5) is 0 Å². The molecule has 0 saturated heterocycles. The molecular formula is C16H17Cl2N3O2. The van der Waals surface area contributed by atoms with Crippen molar-refractivity contribution < 1.29 is 9.47 Å². The molecule has 2 aromatic carbocycles. The van der Waals surface area contributed by atoms with Crippen molar-refractivity contribution >= 4 is 35.8 Å². The molecule has 0 saturated carbocycles. The van der Waals surface area contributed by atoms with Gasteiger partial charge in [0.05, 0.1) is 11.0 Å². The summed E-state index contributed by atoms with van der Waals surface area (Å²) in [6.45, 7) is 0.825. The Bertz CT molecular complexity index is 806. The molecule has 2 N–H and O–H groups in total. The maximum atomic E-state index is 5.72. The minimum Gasteiger partial charge on any atom is -0.454 e. The fourth-order valence-electron chi connectivity index (χ4n) is 2.68. The van der Waals surface area contributed by atoms with E-state index < -0.39 is 0 Å². The van der Waals surface area contributed by atoms with Gasteiger partial charge in [0.2, 0.25) is 6.79 Å². The highest BCUT2D eigenvalue weighted by atomic mass is 35.5. The van der Waals surface area contributed by atoms with E-state index in [1.165, 1.54) is 0 Å². The quantitative estimate of drug-likeness (QED) is 0.785. The lowest BCUT2D eigenvalue weighted by Gasteiger charge is -2.08. The van der Waals surface area contributed by atoms with Gasteiger partial charge in [-0.2, -0.15) is 0 Å². The Labute approximate surface area is 146 Å². The zero-order valence-corrected chi connectivity index (χ0v) is 13.9. The molecule has 0 aliphatic carbocycles. The zero-order chi connectivity index (χ0) is 14.2. The van der Waals surface area contributed by atoms with Crippen LogP contribution in [0.5, 0.6) is 11.5 Å². The number of aromatic nitrogens is 2. The molecular weight excluding hydrogens is 337 g/mol. The first-order valence-corrected chi connectivity index (χ1v) is 6.93. The number of hydrogen-bond donors (Lipinski definition) is 1. The summed E-state index contributed by atoms with van der Waals surface area (Å²) in [7, 11) is 0. The van der Waals surface area contributed by atoms with Gasteiger partial charge in [-0.1, -0.05) is 18.2 Å². The van der Waals surface area contributed by atoms with E-state index in [2.05, 4.69) is 16.7 Å². The number of fused-ring (bicyclic) bond motifs is 2. The summed E-state index contributed by atoms with van der Waals surface area (Å²) in [5, 5.41) is 0. The summed E-state index contributed by atoms with van der Waals surface area (Å²) in [6, 6.07) is 14.1. The molecule has 0 radical (unpaired) electrons. The van der Waals surface area contributed by atoms with Crippen LogP contribution < -0.4 is 15.2 Å². The molecule has 7 heteroatoms. The van der Waals surface area contributed by atoms with Crippen molar-refractivity contribution in [3.8, 4) is 17.2 Å². The molecule has 23 heavy (non-hydrogen) atoms. The van der Waals surface area contributed by atoms with Gasteiger partial charge in [0.1, 0.15) is 5.82 Å². The minimum absolute atomic E-state index is 0. The van der Waals surface area contributed by atoms with E-state index in [0.29, 0.717) is 6.54 Å². The highest BCUT2D eigenvalue weighted by Crippen LogP contribution is 2.37. The van der Waals surface area contributed by atoms with Gasteiger partial charge in [-0.3, -0.25) is 4.57 Å². The Morgan fingerprint density at radius 3 is 2.43 bits per heavy atom. The summed E-state index contributed by atoms with van der Waals surface area (Å²) >= 11 is 0. The van der Waals surface area contributed by atoms with Crippen LogP contribution in [0, 0.1) is 0 Å². The van der Waals surface area contributed by atoms with Gasteiger partial charge in [-0.25, -0.2) is 4.98 Å². The van der Waals surface area contributed by atoms with Gasteiger partial charge in [-0.15, -0.1) is 24.8 Å². The van der Waals surface area contributed by atoms with E-state index in [-0.39, 0.29) is 31.6 Å². The van der Waals surface area contributed by atoms with E-state index in [1.54, 1.807) is 0 Å². The number of imidazole rings is 1. The molecule has 0 atom stereocenters. The number of benzene rings is 2. The van der Waals surface area contributed by atoms with Crippen LogP contribution in [0.3, 0.4) is 0 Å². The second-order valence-electron chi connectivity index (χ2n) is 4.93. The molecule has 0 unspecified atom stereocenters. The Balaban J connectivity index is 0.000000960. The lowest BCUT2D eigenvalue weighted by atomic mass is 10.2. The number of rotatable bonds is 3. The molecule has 4 rings (SSSR count). The predicted molar refractivity (Wildman–Crippen MR) is 94.4 cm³/mol. The molecule has 5 nitrogen and oxygen atoms in total. The molecule has 0 bridgehead atoms. The largest absolute Gasteiger partial charge is 0.454 e. The molecule has 0 spiro atoms. The average Bonchev–Trinajstić information content (AvgIpc) is 3.09. The van der Waals surface area contributed by atoms with Crippen LogP contribution in [0.2, 0.25) is 0 Å². The first-order chi connectivity index (χ1) is 10.4. The van der Waals surface area contributed by atoms with Gasteiger partial charge in [-0.05, 0) is 18.7 Å². The number of para-hydroxylation sites is 1. The van der Waals surface area contributed by atoms with Crippen molar-refractivity contribution in [2.45, 2.75) is 6.42 Å². The Hall–Kier alpha value is -1.95. The number of nitrogens with two attached hydrogens (primary N) is 1. The van der Waals surface area contributed by atoms with Crippen LogP contribution in [0.15, 0.2) is 42.5 Å². The summed E-state index contributed by atoms with van der Waals surface area (Å²) < 4.78 is 13.0. The summed E-state index contributed by atoms with van der Waals surface area (Å²) in [5.74, 6) is 2.46. The topological polar surface area (TPSA) is 62.3 Å². The van der Waals surface area contributed by atoms with Crippen molar-refractivity contribution in [1.29, 1.82) is 0 Å². The van der Waals surface area contributed by atoms with Crippen molar-refractivity contribution in [1.82, 2.24) is 9.55 Å². The minimum atomic E-state index is 0. The molecule has 1 aromatic heterocycles. The first-order valence-electron chi connectivity index (χ1n) is 6.93. The van der Waals surface area contributed by atoms with Gasteiger partial charge < -0.3 is 15.2 Å². The smallest absolute Gasteiger partial charge is 0.231 e. The van der Waals surface area contributed by atoms with E-state index in [9.17, 15) is 0 Å². The fraction of sp³-hybridized carbons (Fsp3) is 0.188. The molecule has 3 aromatic rings. The van der Waals surface area contributed by atoms with Crippen molar-refractivity contribution in [2.75, 3.05) is 13.3 Å². The molecule has 122 valence electrons. The first kappa shape index (κ1) is 17.4. The van der Waals surface area contributed by atoms with E-state index in [0.717, 1.165) is 40.5 Å². The SMILES string of the molecule is Cl.Cl.NCCc1nc2cc3c(cc2n1-c1ccccc1)OCO3. The Morgan fingerprint density at radius 2 is 1.74 bits per heavy atom. The maximum absolute atomic E-state index is 5.72. The zero-order valence-electron chi connectivity index (χ0n) is 12.3. The summed E-state index contributed by atoms with van der Waals surface area (Å²) in [5.41, 5.74) is 8.70. The molecule has 2 heterocycles. The second kappa shape index (κ2) is 7.08. The second-order valence-corrected chi connectivity index (χ2v) is 4.93. The summed E-state index contributed by atoms with van der Waals surface area (Å²) in [6.07, 6.45) is 0.718.